The molecule has 0 unspecified atom stereocenters. The molecule has 1 atom stereocenters. The molecule has 2 aromatic carbocycles. The van der Waals surface area contributed by atoms with E-state index >= 15 is 0 Å². The van der Waals surface area contributed by atoms with Gasteiger partial charge in [0.2, 0.25) is 0 Å². The van der Waals surface area contributed by atoms with E-state index in [4.69, 9.17) is 0 Å². The van der Waals surface area contributed by atoms with Crippen LogP contribution in [0.4, 0.5) is 5.69 Å². The summed E-state index contributed by atoms with van der Waals surface area (Å²) >= 11 is 0. The molecule has 9 nitrogen and oxygen atoms in total. The molecule has 0 saturated heterocycles. The normalized spacial score (nSPS) is 12.0. The lowest BCUT2D eigenvalue weighted by atomic mass is 10.1. The number of aliphatic carboxylic acids is 1. The average Bonchev–Trinajstić information content (AvgIpc) is 2.67. The molecule has 0 spiro atoms. The summed E-state index contributed by atoms with van der Waals surface area (Å²) in [5, 5.41) is 26.5. The Balaban J connectivity index is 2.36. The molecule has 0 bridgehead atoms. The van der Waals surface area contributed by atoms with Crippen LogP contribution in [0.25, 0.3) is 6.08 Å². The first-order chi connectivity index (χ1) is 13.7. The van der Waals surface area contributed by atoms with Crippen LogP contribution in [-0.2, 0) is 9.59 Å². The number of aryl methyl sites for hydroxylation is 1. The molecule has 2 aromatic rings. The van der Waals surface area contributed by atoms with E-state index < -0.39 is 28.7 Å². The second-order valence-corrected chi connectivity index (χ2v) is 6.24. The summed E-state index contributed by atoms with van der Waals surface area (Å²) in [4.78, 5) is 46.2. The van der Waals surface area contributed by atoms with Gasteiger partial charge in [-0.25, -0.2) is 0 Å². The van der Waals surface area contributed by atoms with Gasteiger partial charge in [0.05, 0.1) is 16.9 Å². The minimum absolute atomic E-state index is 0.202. The van der Waals surface area contributed by atoms with Gasteiger partial charge >= 0.3 is 0 Å². The minimum Gasteiger partial charge on any atom is -0.548 e. The van der Waals surface area contributed by atoms with Crippen molar-refractivity contribution >= 4 is 29.5 Å². The maximum atomic E-state index is 12.5. The first kappa shape index (κ1) is 21.3. The maximum Gasteiger partial charge on any atom is 0.270 e. The van der Waals surface area contributed by atoms with Gasteiger partial charge in [-0.3, -0.25) is 19.7 Å². The fraction of sp³-hybridized carbons (Fsp3) is 0.150. The van der Waals surface area contributed by atoms with Gasteiger partial charge in [0, 0.05) is 17.7 Å². The Morgan fingerprint density at radius 3 is 2.34 bits per heavy atom. The van der Waals surface area contributed by atoms with Gasteiger partial charge in [0.15, 0.2) is 0 Å². The zero-order chi connectivity index (χ0) is 21.6. The van der Waals surface area contributed by atoms with Crippen LogP contribution in [0.2, 0.25) is 0 Å². The summed E-state index contributed by atoms with van der Waals surface area (Å²) in [6.45, 7) is 3.06. The second-order valence-electron chi connectivity index (χ2n) is 6.24. The monoisotopic (exact) mass is 396 g/mol. The maximum absolute atomic E-state index is 12.5. The van der Waals surface area contributed by atoms with Crippen LogP contribution in [0.15, 0.2) is 54.2 Å². The molecule has 2 rings (SSSR count). The Labute approximate surface area is 166 Å². The molecule has 0 aromatic heterocycles. The highest BCUT2D eigenvalue weighted by Crippen LogP contribution is 2.16. The largest absolute Gasteiger partial charge is 0.548 e. The lowest BCUT2D eigenvalue weighted by molar-refractivity contribution is -0.384. The molecule has 0 saturated carbocycles. The Hall–Kier alpha value is -4.01. The number of nitrogens with one attached hydrogen (secondary N) is 2. The van der Waals surface area contributed by atoms with Gasteiger partial charge in [0.25, 0.3) is 17.5 Å². The summed E-state index contributed by atoms with van der Waals surface area (Å²) in [5.41, 5.74) is 1.01. The van der Waals surface area contributed by atoms with Crippen LogP contribution in [-0.4, -0.2) is 28.7 Å². The third kappa shape index (κ3) is 5.99. The SMILES string of the molecule is Cc1ccc(C(=O)N/C(=C\c2cccc([N+](=O)[O-])c2)C(=O)N[C@@H](C)C(=O)[O-])cc1. The molecule has 2 amide bonds. The van der Waals surface area contributed by atoms with E-state index in [1.807, 2.05) is 6.92 Å². The van der Waals surface area contributed by atoms with Crippen molar-refractivity contribution in [1.82, 2.24) is 10.6 Å². The van der Waals surface area contributed by atoms with Gasteiger partial charge in [-0.05, 0) is 37.6 Å². The second kappa shape index (κ2) is 9.27. The van der Waals surface area contributed by atoms with Crippen LogP contribution >= 0.6 is 0 Å². The number of rotatable bonds is 7. The van der Waals surface area contributed by atoms with Crippen molar-refractivity contribution in [3.8, 4) is 0 Å². The molecule has 150 valence electrons. The third-order valence-electron chi connectivity index (χ3n) is 3.90. The third-order valence-corrected chi connectivity index (χ3v) is 3.90. The van der Waals surface area contributed by atoms with Crippen molar-refractivity contribution in [2.24, 2.45) is 0 Å². The highest BCUT2D eigenvalue weighted by Gasteiger charge is 2.17. The number of amides is 2. The molecule has 0 aliphatic carbocycles. The van der Waals surface area contributed by atoms with E-state index in [9.17, 15) is 29.6 Å². The molecular formula is C20H18N3O6-. The summed E-state index contributed by atoms with van der Waals surface area (Å²) in [6, 6.07) is 10.7. The zero-order valence-electron chi connectivity index (χ0n) is 15.7. The summed E-state index contributed by atoms with van der Waals surface area (Å²) < 4.78 is 0. The standard InChI is InChI=1S/C20H19N3O6/c1-12-6-8-15(9-7-12)18(24)22-17(19(25)21-13(2)20(26)27)11-14-4-3-5-16(10-14)23(28)29/h3-11,13H,1-2H3,(H,21,25)(H,22,24)(H,26,27)/p-1/b17-11-/t13-/m0/s1. The quantitative estimate of drug-likeness (QED) is 0.405. The van der Waals surface area contributed by atoms with Crippen LogP contribution in [0.5, 0.6) is 0 Å². The number of carboxylic acids is 1. The average molecular weight is 396 g/mol. The fourth-order valence-corrected chi connectivity index (χ4v) is 2.29. The van der Waals surface area contributed by atoms with Crippen LogP contribution < -0.4 is 15.7 Å². The highest BCUT2D eigenvalue weighted by molar-refractivity contribution is 6.06. The predicted molar refractivity (Wildman–Crippen MR) is 102 cm³/mol. The number of nitro benzene ring substituents is 1. The van der Waals surface area contributed by atoms with E-state index in [0.29, 0.717) is 0 Å². The molecule has 0 aliphatic rings. The van der Waals surface area contributed by atoms with E-state index in [0.717, 1.165) is 5.56 Å². The lowest BCUT2D eigenvalue weighted by Gasteiger charge is -2.17. The number of carboxylic acid groups (broad SMARTS) is 1. The summed E-state index contributed by atoms with van der Waals surface area (Å²) in [6.07, 6.45) is 1.22. The number of benzene rings is 2. The number of non-ortho nitro benzene ring substituents is 1. The molecular weight excluding hydrogens is 378 g/mol. The Kier molecular flexibility index (Phi) is 6.80. The Morgan fingerprint density at radius 2 is 1.76 bits per heavy atom. The van der Waals surface area contributed by atoms with E-state index in [1.54, 1.807) is 24.3 Å². The van der Waals surface area contributed by atoms with Crippen LogP contribution in [0.3, 0.4) is 0 Å². The van der Waals surface area contributed by atoms with Crippen molar-refractivity contribution in [2.75, 3.05) is 0 Å². The first-order valence-corrected chi connectivity index (χ1v) is 8.53. The van der Waals surface area contributed by atoms with E-state index in [-0.39, 0.29) is 22.5 Å². The molecule has 0 fully saturated rings. The summed E-state index contributed by atoms with van der Waals surface area (Å²) in [5.74, 6) is -2.98. The summed E-state index contributed by atoms with van der Waals surface area (Å²) in [7, 11) is 0. The number of hydrogen-bond acceptors (Lipinski definition) is 6. The van der Waals surface area contributed by atoms with Crippen molar-refractivity contribution in [1.29, 1.82) is 0 Å². The number of nitrogens with zero attached hydrogens (tertiary/aromatic N) is 1. The smallest absolute Gasteiger partial charge is 0.270 e. The molecule has 0 aliphatic heterocycles. The van der Waals surface area contributed by atoms with Crippen LogP contribution in [0, 0.1) is 17.0 Å². The first-order valence-electron chi connectivity index (χ1n) is 8.53. The minimum atomic E-state index is -1.50. The van der Waals surface area contributed by atoms with Gasteiger partial charge in [-0.2, -0.15) is 0 Å². The fourth-order valence-electron chi connectivity index (χ4n) is 2.29. The number of carbonyl (C=O) groups is 3. The topological polar surface area (TPSA) is 141 Å². The molecule has 0 heterocycles. The number of carbonyl (C=O) groups excluding carboxylic acids is 3. The van der Waals surface area contributed by atoms with Gasteiger partial charge < -0.3 is 20.5 Å². The number of hydrogen-bond donors (Lipinski definition) is 2. The lowest BCUT2D eigenvalue weighted by Crippen LogP contribution is -2.48. The number of nitro groups is 1. The molecule has 0 radical (unpaired) electrons. The van der Waals surface area contributed by atoms with E-state index in [1.165, 1.54) is 37.3 Å². The highest BCUT2D eigenvalue weighted by atomic mass is 16.6. The van der Waals surface area contributed by atoms with Crippen molar-refractivity contribution in [3.05, 3.63) is 81.0 Å². The molecule has 9 heteroatoms. The van der Waals surface area contributed by atoms with Crippen molar-refractivity contribution in [2.45, 2.75) is 19.9 Å². The van der Waals surface area contributed by atoms with Crippen molar-refractivity contribution in [3.63, 3.8) is 0 Å². The van der Waals surface area contributed by atoms with E-state index in [2.05, 4.69) is 10.6 Å². The van der Waals surface area contributed by atoms with Gasteiger partial charge in [-0.1, -0.05) is 29.8 Å². The Bertz CT molecular complexity index is 982. The Morgan fingerprint density at radius 1 is 1.10 bits per heavy atom. The zero-order valence-corrected chi connectivity index (χ0v) is 15.7. The van der Waals surface area contributed by atoms with Crippen molar-refractivity contribution < 1.29 is 24.4 Å². The molecule has 2 N–H and O–H groups in total. The van der Waals surface area contributed by atoms with Gasteiger partial charge in [-0.15, -0.1) is 0 Å². The van der Waals surface area contributed by atoms with Gasteiger partial charge in [0.1, 0.15) is 5.70 Å². The predicted octanol–water partition coefficient (Wildman–Crippen LogP) is 0.929. The van der Waals surface area contributed by atoms with Crippen LogP contribution in [0.1, 0.15) is 28.4 Å². The molecule has 29 heavy (non-hydrogen) atoms.